The van der Waals surface area contributed by atoms with Gasteiger partial charge in [-0.05, 0) is 18.2 Å². The van der Waals surface area contributed by atoms with Gasteiger partial charge < -0.3 is 20.2 Å². The van der Waals surface area contributed by atoms with Crippen molar-refractivity contribution in [3.05, 3.63) is 48.0 Å². The molecule has 0 unspecified atom stereocenters. The zero-order valence-corrected chi connectivity index (χ0v) is 15.1. The first-order chi connectivity index (χ1) is 13.5. The highest BCUT2D eigenvalue weighted by atomic mass is 16.4. The van der Waals surface area contributed by atoms with Crippen molar-refractivity contribution in [2.75, 3.05) is 37.6 Å². The number of carbonyl (C=O) groups is 3. The number of carboxylic acids is 1. The molecular weight excluding hydrogens is 364 g/mol. The molecule has 0 radical (unpaired) electrons. The minimum absolute atomic E-state index is 0.0464. The molecule has 2 aromatic rings. The van der Waals surface area contributed by atoms with Crippen LogP contribution in [0.25, 0.3) is 0 Å². The first-order valence-corrected chi connectivity index (χ1v) is 8.82. The number of hydrogen-bond acceptors (Lipinski definition) is 7. The number of piperazine rings is 1. The van der Waals surface area contributed by atoms with E-state index in [0.717, 1.165) is 0 Å². The molecule has 0 aliphatic carbocycles. The standard InChI is InChI=1S/C18H20N6O4/c25-15(23-8-10-24(11-9-23)18-21-4-1-5-22-18)3-7-20-16(26)13-2-6-19-14(12-13)17(27)28/h1-2,4-6,12H,3,7-11H2,(H,20,26)(H,27,28). The SMILES string of the molecule is O=C(NCCC(=O)N1CCN(c2ncccn2)CC1)c1ccnc(C(=O)O)c1. The Morgan fingerprint density at radius 1 is 1.04 bits per heavy atom. The van der Waals surface area contributed by atoms with Gasteiger partial charge in [0.1, 0.15) is 5.69 Å². The van der Waals surface area contributed by atoms with Crippen molar-refractivity contribution in [2.24, 2.45) is 0 Å². The molecule has 2 N–H and O–H groups in total. The topological polar surface area (TPSA) is 129 Å². The van der Waals surface area contributed by atoms with Crippen molar-refractivity contribution < 1.29 is 19.5 Å². The molecule has 10 heteroatoms. The van der Waals surface area contributed by atoms with Crippen molar-refractivity contribution in [1.82, 2.24) is 25.2 Å². The molecule has 0 aromatic carbocycles. The van der Waals surface area contributed by atoms with Crippen molar-refractivity contribution in [3.63, 3.8) is 0 Å². The Morgan fingerprint density at radius 3 is 2.43 bits per heavy atom. The lowest BCUT2D eigenvalue weighted by molar-refractivity contribution is -0.131. The molecule has 0 saturated carbocycles. The maximum absolute atomic E-state index is 12.3. The number of pyridine rings is 1. The maximum Gasteiger partial charge on any atom is 0.354 e. The van der Waals surface area contributed by atoms with Gasteiger partial charge in [-0.25, -0.2) is 19.7 Å². The molecule has 1 aliphatic heterocycles. The van der Waals surface area contributed by atoms with Crippen molar-refractivity contribution in [1.29, 1.82) is 0 Å². The predicted molar refractivity (Wildman–Crippen MR) is 99.0 cm³/mol. The molecule has 28 heavy (non-hydrogen) atoms. The average Bonchev–Trinajstić information content (AvgIpc) is 2.74. The van der Waals surface area contributed by atoms with Gasteiger partial charge in [0.05, 0.1) is 0 Å². The van der Waals surface area contributed by atoms with E-state index in [1.165, 1.54) is 18.3 Å². The molecule has 1 saturated heterocycles. The average molecular weight is 384 g/mol. The molecule has 0 atom stereocenters. The lowest BCUT2D eigenvalue weighted by atomic mass is 10.2. The van der Waals surface area contributed by atoms with Crippen LogP contribution in [0.1, 0.15) is 27.3 Å². The third-order valence-corrected chi connectivity index (χ3v) is 4.33. The van der Waals surface area contributed by atoms with Crippen LogP contribution in [0.15, 0.2) is 36.8 Å². The number of amides is 2. The molecule has 1 aliphatic rings. The number of hydrogen-bond donors (Lipinski definition) is 2. The van der Waals surface area contributed by atoms with Gasteiger partial charge in [0, 0.05) is 63.3 Å². The number of anilines is 1. The first kappa shape index (κ1) is 19.2. The monoisotopic (exact) mass is 384 g/mol. The van der Waals surface area contributed by atoms with E-state index in [-0.39, 0.29) is 30.1 Å². The van der Waals surface area contributed by atoms with Crippen molar-refractivity contribution in [2.45, 2.75) is 6.42 Å². The predicted octanol–water partition coefficient (Wildman–Crippen LogP) is 0.0385. The number of nitrogens with zero attached hydrogens (tertiary/aromatic N) is 5. The van der Waals surface area contributed by atoms with Crippen LogP contribution in [0.5, 0.6) is 0 Å². The molecule has 10 nitrogen and oxygen atoms in total. The summed E-state index contributed by atoms with van der Waals surface area (Å²) in [6, 6.07) is 4.38. The van der Waals surface area contributed by atoms with Gasteiger partial charge in [0.2, 0.25) is 11.9 Å². The number of aromatic carboxylic acids is 1. The second kappa shape index (κ2) is 8.89. The van der Waals surface area contributed by atoms with E-state index < -0.39 is 11.9 Å². The van der Waals surface area contributed by atoms with E-state index in [9.17, 15) is 14.4 Å². The van der Waals surface area contributed by atoms with Gasteiger partial charge in [-0.1, -0.05) is 0 Å². The summed E-state index contributed by atoms with van der Waals surface area (Å²) in [7, 11) is 0. The fourth-order valence-corrected chi connectivity index (χ4v) is 2.84. The van der Waals surface area contributed by atoms with Gasteiger partial charge in [0.15, 0.2) is 0 Å². The molecule has 0 spiro atoms. The van der Waals surface area contributed by atoms with Gasteiger partial charge in [-0.15, -0.1) is 0 Å². The third-order valence-electron chi connectivity index (χ3n) is 4.33. The number of rotatable bonds is 6. The summed E-state index contributed by atoms with van der Waals surface area (Å²) < 4.78 is 0. The van der Waals surface area contributed by atoms with Crippen LogP contribution in [-0.4, -0.2) is 75.5 Å². The number of aromatic nitrogens is 3. The van der Waals surface area contributed by atoms with E-state index in [2.05, 4.69) is 20.3 Å². The normalized spacial score (nSPS) is 13.9. The van der Waals surface area contributed by atoms with Gasteiger partial charge in [-0.2, -0.15) is 0 Å². The Balaban J connectivity index is 1.43. The second-order valence-corrected chi connectivity index (χ2v) is 6.16. The molecule has 146 valence electrons. The van der Waals surface area contributed by atoms with Crippen LogP contribution in [0, 0.1) is 0 Å². The molecule has 0 bridgehead atoms. The summed E-state index contributed by atoms with van der Waals surface area (Å²) >= 11 is 0. The van der Waals surface area contributed by atoms with Crippen molar-refractivity contribution in [3.8, 4) is 0 Å². The fourth-order valence-electron chi connectivity index (χ4n) is 2.84. The van der Waals surface area contributed by atoms with Crippen LogP contribution >= 0.6 is 0 Å². The van der Waals surface area contributed by atoms with E-state index >= 15 is 0 Å². The fraction of sp³-hybridized carbons (Fsp3) is 0.333. The Morgan fingerprint density at radius 2 is 1.75 bits per heavy atom. The summed E-state index contributed by atoms with van der Waals surface area (Å²) in [5, 5.41) is 11.6. The van der Waals surface area contributed by atoms with Crippen LogP contribution in [0.2, 0.25) is 0 Å². The minimum Gasteiger partial charge on any atom is -0.477 e. The van der Waals surface area contributed by atoms with Gasteiger partial charge in [0.25, 0.3) is 5.91 Å². The van der Waals surface area contributed by atoms with Gasteiger partial charge >= 0.3 is 5.97 Å². The molecule has 1 fully saturated rings. The Hall–Kier alpha value is -3.56. The highest BCUT2D eigenvalue weighted by molar-refractivity contribution is 5.96. The smallest absolute Gasteiger partial charge is 0.354 e. The van der Waals surface area contributed by atoms with Crippen molar-refractivity contribution >= 4 is 23.7 Å². The molecular formula is C18H20N6O4. The maximum atomic E-state index is 12.3. The van der Waals surface area contributed by atoms with E-state index in [1.807, 2.05) is 4.90 Å². The zero-order chi connectivity index (χ0) is 19.9. The molecule has 3 rings (SSSR count). The lowest BCUT2D eigenvalue weighted by Gasteiger charge is -2.34. The molecule has 2 aromatic heterocycles. The summed E-state index contributed by atoms with van der Waals surface area (Å²) in [6.45, 7) is 2.60. The highest BCUT2D eigenvalue weighted by Crippen LogP contribution is 2.10. The zero-order valence-electron chi connectivity index (χ0n) is 15.1. The minimum atomic E-state index is -1.20. The van der Waals surface area contributed by atoms with Crippen LogP contribution in [0.3, 0.4) is 0 Å². The van der Waals surface area contributed by atoms with Crippen LogP contribution in [0.4, 0.5) is 5.95 Å². The Bertz CT molecular complexity index is 852. The number of carboxylic acid groups (broad SMARTS) is 1. The Kier molecular flexibility index (Phi) is 6.10. The first-order valence-electron chi connectivity index (χ1n) is 8.82. The lowest BCUT2D eigenvalue weighted by Crippen LogP contribution is -2.49. The number of nitrogens with one attached hydrogen (secondary N) is 1. The van der Waals surface area contributed by atoms with E-state index in [1.54, 1.807) is 23.4 Å². The summed E-state index contributed by atoms with van der Waals surface area (Å²) in [5.41, 5.74) is -0.0136. The third kappa shape index (κ3) is 4.78. The number of carbonyl (C=O) groups excluding carboxylic acids is 2. The summed E-state index contributed by atoms with van der Waals surface area (Å²) in [6.07, 6.45) is 4.80. The summed E-state index contributed by atoms with van der Waals surface area (Å²) in [5.74, 6) is -1.04. The second-order valence-electron chi connectivity index (χ2n) is 6.16. The quantitative estimate of drug-likeness (QED) is 0.714. The van der Waals surface area contributed by atoms with Crippen LogP contribution < -0.4 is 10.2 Å². The van der Waals surface area contributed by atoms with Crippen LogP contribution in [-0.2, 0) is 4.79 Å². The van der Waals surface area contributed by atoms with Gasteiger partial charge in [-0.3, -0.25) is 9.59 Å². The largest absolute Gasteiger partial charge is 0.477 e. The highest BCUT2D eigenvalue weighted by Gasteiger charge is 2.22. The van der Waals surface area contributed by atoms with E-state index in [0.29, 0.717) is 32.1 Å². The molecule has 3 heterocycles. The molecule has 2 amide bonds. The Labute approximate surface area is 161 Å². The summed E-state index contributed by atoms with van der Waals surface area (Å²) in [4.78, 5) is 51.2. The van der Waals surface area contributed by atoms with E-state index in [4.69, 9.17) is 5.11 Å².